The second-order valence-electron chi connectivity index (χ2n) is 2.98. The number of rotatable bonds is 1. The maximum Gasteiger partial charge on any atom is 0.132 e. The number of hydrogen-bond donors (Lipinski definition) is 0. The zero-order valence-electron chi connectivity index (χ0n) is 7.15. The van der Waals surface area contributed by atoms with E-state index in [2.05, 4.69) is 34.7 Å². The number of benzene rings is 1. The molecule has 0 spiro atoms. The number of hydrogen-bond acceptors (Lipinski definition) is 2. The first-order valence-corrected chi connectivity index (χ1v) is 5.53. The largest absolute Gasteiger partial charge is 0.368 e. The lowest BCUT2D eigenvalue weighted by Crippen LogP contribution is -2.26. The van der Waals surface area contributed by atoms with Gasteiger partial charge in [-0.3, -0.25) is 0 Å². The van der Waals surface area contributed by atoms with E-state index in [0.717, 1.165) is 0 Å². The van der Waals surface area contributed by atoms with Gasteiger partial charge in [0.05, 0.1) is 13.2 Å². The van der Waals surface area contributed by atoms with E-state index in [9.17, 15) is 0 Å². The Morgan fingerprint density at radius 1 is 1.08 bits per heavy atom. The topological polar surface area (TPSA) is 18.5 Å². The van der Waals surface area contributed by atoms with Crippen LogP contribution in [-0.2, 0) is 9.47 Å². The predicted octanol–water partition coefficient (Wildman–Crippen LogP) is 2.54. The Morgan fingerprint density at radius 2 is 1.85 bits per heavy atom. The van der Waals surface area contributed by atoms with Crippen LogP contribution >= 0.6 is 22.6 Å². The van der Waals surface area contributed by atoms with Gasteiger partial charge in [-0.25, -0.2) is 0 Å². The van der Waals surface area contributed by atoms with E-state index in [1.54, 1.807) is 0 Å². The molecule has 1 aliphatic rings. The standard InChI is InChI=1S/C10H11IO2/c11-10-7-12-9(6-13-10)8-4-2-1-3-5-8/h1-5,9-10H,6-7H2. The Bertz CT molecular complexity index is 255. The van der Waals surface area contributed by atoms with Crippen LogP contribution in [-0.4, -0.2) is 17.3 Å². The first-order chi connectivity index (χ1) is 6.36. The Balaban J connectivity index is 2.03. The smallest absolute Gasteiger partial charge is 0.132 e. The molecule has 0 radical (unpaired) electrons. The van der Waals surface area contributed by atoms with Crippen molar-refractivity contribution >= 4 is 22.6 Å². The first kappa shape index (κ1) is 9.43. The van der Waals surface area contributed by atoms with Crippen molar-refractivity contribution in [3.05, 3.63) is 35.9 Å². The molecule has 0 aliphatic carbocycles. The Labute approximate surface area is 91.4 Å². The van der Waals surface area contributed by atoms with Gasteiger partial charge in [-0.2, -0.15) is 0 Å². The zero-order chi connectivity index (χ0) is 9.10. The van der Waals surface area contributed by atoms with Crippen LogP contribution in [0.15, 0.2) is 30.3 Å². The molecule has 0 N–H and O–H groups in total. The van der Waals surface area contributed by atoms with Gasteiger partial charge < -0.3 is 9.47 Å². The van der Waals surface area contributed by atoms with Crippen LogP contribution in [0, 0.1) is 0 Å². The predicted molar refractivity (Wildman–Crippen MR) is 58.9 cm³/mol. The van der Waals surface area contributed by atoms with Crippen molar-refractivity contribution in [2.75, 3.05) is 13.2 Å². The maximum atomic E-state index is 5.64. The van der Waals surface area contributed by atoms with Crippen molar-refractivity contribution in [1.82, 2.24) is 0 Å². The summed E-state index contributed by atoms with van der Waals surface area (Å²) in [5.41, 5.74) is 1.20. The average molecular weight is 290 g/mol. The third kappa shape index (κ3) is 2.42. The Morgan fingerprint density at radius 3 is 2.46 bits per heavy atom. The molecule has 1 aliphatic heterocycles. The van der Waals surface area contributed by atoms with Crippen LogP contribution in [0.2, 0.25) is 0 Å². The summed E-state index contributed by atoms with van der Waals surface area (Å²) in [5.74, 6) is 0. The molecule has 70 valence electrons. The lowest BCUT2D eigenvalue weighted by atomic mass is 10.1. The summed E-state index contributed by atoms with van der Waals surface area (Å²) in [7, 11) is 0. The molecule has 1 aromatic rings. The first-order valence-electron chi connectivity index (χ1n) is 4.28. The fourth-order valence-corrected chi connectivity index (χ4v) is 1.76. The van der Waals surface area contributed by atoms with Gasteiger partial charge in [0, 0.05) is 0 Å². The normalized spacial score (nSPS) is 28.7. The van der Waals surface area contributed by atoms with Crippen LogP contribution in [0.1, 0.15) is 11.7 Å². The minimum absolute atomic E-state index is 0.118. The van der Waals surface area contributed by atoms with Crippen molar-refractivity contribution in [3.63, 3.8) is 0 Å². The highest BCUT2D eigenvalue weighted by Gasteiger charge is 2.20. The molecule has 0 bridgehead atoms. The van der Waals surface area contributed by atoms with Crippen LogP contribution < -0.4 is 0 Å². The van der Waals surface area contributed by atoms with Crippen LogP contribution in [0.3, 0.4) is 0 Å². The molecule has 1 saturated heterocycles. The number of ether oxygens (including phenoxy) is 2. The fraction of sp³-hybridized carbons (Fsp3) is 0.400. The Hall–Kier alpha value is -0.130. The molecule has 2 unspecified atom stereocenters. The molecular formula is C10H11IO2. The van der Waals surface area contributed by atoms with Gasteiger partial charge in [0.1, 0.15) is 10.2 Å². The second-order valence-corrected chi connectivity index (χ2v) is 4.37. The summed E-state index contributed by atoms with van der Waals surface area (Å²) in [4.78, 5) is 0. The van der Waals surface area contributed by atoms with Crippen LogP contribution in [0.4, 0.5) is 0 Å². The molecule has 2 rings (SSSR count). The maximum absolute atomic E-state index is 5.64. The van der Waals surface area contributed by atoms with E-state index in [0.29, 0.717) is 13.2 Å². The molecule has 3 heteroatoms. The monoisotopic (exact) mass is 290 g/mol. The van der Waals surface area contributed by atoms with Crippen molar-refractivity contribution in [3.8, 4) is 0 Å². The van der Waals surface area contributed by atoms with E-state index in [1.807, 2.05) is 18.2 Å². The van der Waals surface area contributed by atoms with E-state index >= 15 is 0 Å². The van der Waals surface area contributed by atoms with E-state index < -0.39 is 0 Å². The van der Waals surface area contributed by atoms with E-state index in [1.165, 1.54) is 5.56 Å². The third-order valence-corrected chi connectivity index (χ3v) is 2.75. The molecular weight excluding hydrogens is 279 g/mol. The van der Waals surface area contributed by atoms with Crippen LogP contribution in [0.5, 0.6) is 0 Å². The summed E-state index contributed by atoms with van der Waals surface area (Å²) in [5, 5.41) is 0. The lowest BCUT2D eigenvalue weighted by Gasteiger charge is -2.26. The van der Waals surface area contributed by atoms with Gasteiger partial charge >= 0.3 is 0 Å². The van der Waals surface area contributed by atoms with Crippen molar-refractivity contribution in [1.29, 1.82) is 0 Å². The average Bonchev–Trinajstić information content (AvgIpc) is 2.20. The third-order valence-electron chi connectivity index (χ3n) is 2.03. The Kier molecular flexibility index (Phi) is 3.18. The fourth-order valence-electron chi connectivity index (χ4n) is 1.34. The summed E-state index contributed by atoms with van der Waals surface area (Å²) in [6.45, 7) is 1.34. The molecule has 0 saturated carbocycles. The minimum Gasteiger partial charge on any atom is -0.368 e. The quantitative estimate of drug-likeness (QED) is 0.584. The molecule has 0 amide bonds. The summed E-state index contributed by atoms with van der Waals surface area (Å²) >= 11 is 2.24. The van der Waals surface area contributed by atoms with Crippen molar-refractivity contribution in [2.24, 2.45) is 0 Å². The molecule has 1 aromatic carbocycles. The van der Waals surface area contributed by atoms with Crippen molar-refractivity contribution < 1.29 is 9.47 Å². The number of alkyl halides is 1. The van der Waals surface area contributed by atoms with E-state index in [-0.39, 0.29) is 10.2 Å². The number of halogens is 1. The molecule has 0 aromatic heterocycles. The second kappa shape index (κ2) is 4.39. The highest BCUT2D eigenvalue weighted by atomic mass is 127. The van der Waals surface area contributed by atoms with Gasteiger partial charge in [-0.05, 0) is 28.2 Å². The molecule has 13 heavy (non-hydrogen) atoms. The molecule has 2 nitrogen and oxygen atoms in total. The highest BCUT2D eigenvalue weighted by molar-refractivity contribution is 14.1. The lowest BCUT2D eigenvalue weighted by molar-refractivity contribution is -0.0978. The summed E-state index contributed by atoms with van der Waals surface area (Å²) in [6.07, 6.45) is 0.118. The SMILES string of the molecule is IC1COC(c2ccccc2)CO1. The summed E-state index contributed by atoms with van der Waals surface area (Å²) < 4.78 is 11.4. The van der Waals surface area contributed by atoms with E-state index in [4.69, 9.17) is 9.47 Å². The van der Waals surface area contributed by atoms with Gasteiger partial charge in [0.2, 0.25) is 0 Å². The molecule has 1 fully saturated rings. The van der Waals surface area contributed by atoms with Gasteiger partial charge in [0.25, 0.3) is 0 Å². The van der Waals surface area contributed by atoms with Crippen molar-refractivity contribution in [2.45, 2.75) is 10.2 Å². The van der Waals surface area contributed by atoms with Gasteiger partial charge in [-0.1, -0.05) is 30.3 Å². The highest BCUT2D eigenvalue weighted by Crippen LogP contribution is 2.24. The van der Waals surface area contributed by atoms with Gasteiger partial charge in [0.15, 0.2) is 0 Å². The molecule has 2 atom stereocenters. The van der Waals surface area contributed by atoms with Gasteiger partial charge in [-0.15, -0.1) is 0 Å². The zero-order valence-corrected chi connectivity index (χ0v) is 9.31. The van der Waals surface area contributed by atoms with Crippen LogP contribution in [0.25, 0.3) is 0 Å². The summed E-state index contributed by atoms with van der Waals surface area (Å²) in [6, 6.07) is 10.2. The minimum atomic E-state index is 0.118. The molecule has 1 heterocycles.